The van der Waals surface area contributed by atoms with E-state index < -0.39 is 16.9 Å². The molecule has 0 radical (unpaired) electrons. The van der Waals surface area contributed by atoms with Crippen molar-refractivity contribution in [1.82, 2.24) is 5.32 Å². The Hall–Kier alpha value is -3.42. The van der Waals surface area contributed by atoms with Gasteiger partial charge in [0, 0.05) is 17.8 Å². The Morgan fingerprint density at radius 3 is 2.32 bits per heavy atom. The lowest BCUT2D eigenvalue weighted by molar-refractivity contribution is -0.384. The van der Waals surface area contributed by atoms with Gasteiger partial charge in [-0.3, -0.25) is 20.2 Å². The third kappa shape index (κ3) is 3.57. The number of nitro benzene ring substituents is 1. The van der Waals surface area contributed by atoms with Crippen molar-refractivity contribution in [2.75, 3.05) is 5.73 Å². The van der Waals surface area contributed by atoms with Crippen LogP contribution in [-0.4, -0.2) is 16.9 Å². The Bertz CT molecular complexity index is 728. The van der Waals surface area contributed by atoms with E-state index in [0.717, 1.165) is 0 Å². The Morgan fingerprint density at radius 2 is 1.73 bits per heavy atom. The van der Waals surface area contributed by atoms with Crippen LogP contribution in [0.15, 0.2) is 48.5 Å². The minimum atomic E-state index is -1.01. The van der Waals surface area contributed by atoms with E-state index in [1.165, 1.54) is 36.4 Å². The molecule has 2 aromatic carbocycles. The first-order chi connectivity index (χ1) is 10.5. The second-order valence-corrected chi connectivity index (χ2v) is 4.18. The summed E-state index contributed by atoms with van der Waals surface area (Å²) < 4.78 is 4.85. The fourth-order valence-electron chi connectivity index (χ4n) is 1.63. The van der Waals surface area contributed by atoms with Gasteiger partial charge in [-0.2, -0.15) is 0 Å². The van der Waals surface area contributed by atoms with Gasteiger partial charge in [0.25, 0.3) is 11.6 Å². The zero-order valence-corrected chi connectivity index (χ0v) is 11.2. The fraction of sp³-hybridized carbons (Fsp3) is 0. The molecular weight excluding hydrogens is 290 g/mol. The molecule has 8 heteroatoms. The van der Waals surface area contributed by atoms with Gasteiger partial charge in [0.1, 0.15) is 5.75 Å². The maximum absolute atomic E-state index is 11.8. The number of benzene rings is 2. The molecule has 8 nitrogen and oxygen atoms in total. The summed E-state index contributed by atoms with van der Waals surface area (Å²) in [6, 6.07) is 11.1. The molecule has 0 unspecified atom stereocenters. The quantitative estimate of drug-likeness (QED) is 0.508. The molecule has 2 amide bonds. The standard InChI is InChI=1S/C14H11N3O5/c15-12-4-2-1-3-11(12)13(18)16-14(19)22-10-7-5-9(6-8-10)17(20)21/h1-8H,15H2,(H,16,18,19). The Labute approximate surface area is 124 Å². The van der Waals surface area contributed by atoms with Crippen LogP contribution in [0.3, 0.4) is 0 Å². The molecule has 22 heavy (non-hydrogen) atoms. The molecule has 0 aliphatic rings. The van der Waals surface area contributed by atoms with Crippen molar-refractivity contribution < 1.29 is 19.2 Å². The van der Waals surface area contributed by atoms with Crippen LogP contribution in [0.1, 0.15) is 10.4 Å². The predicted molar refractivity (Wildman–Crippen MR) is 77.4 cm³/mol. The van der Waals surface area contributed by atoms with Crippen molar-refractivity contribution in [2.45, 2.75) is 0 Å². The summed E-state index contributed by atoms with van der Waals surface area (Å²) in [4.78, 5) is 33.3. The molecule has 0 bridgehead atoms. The van der Waals surface area contributed by atoms with Crippen LogP contribution >= 0.6 is 0 Å². The summed E-state index contributed by atoms with van der Waals surface area (Å²) in [6.07, 6.45) is -1.01. The lowest BCUT2D eigenvalue weighted by atomic mass is 10.2. The monoisotopic (exact) mass is 301 g/mol. The van der Waals surface area contributed by atoms with Gasteiger partial charge >= 0.3 is 6.09 Å². The van der Waals surface area contributed by atoms with Gasteiger partial charge in [0.15, 0.2) is 0 Å². The number of amides is 2. The van der Waals surface area contributed by atoms with Crippen LogP contribution in [-0.2, 0) is 0 Å². The minimum Gasteiger partial charge on any atom is -0.410 e. The van der Waals surface area contributed by atoms with Gasteiger partial charge in [-0.05, 0) is 24.3 Å². The van der Waals surface area contributed by atoms with Crippen molar-refractivity contribution in [3.8, 4) is 5.75 Å². The van der Waals surface area contributed by atoms with E-state index in [4.69, 9.17) is 10.5 Å². The molecule has 0 aromatic heterocycles. The molecule has 0 heterocycles. The van der Waals surface area contributed by atoms with Crippen LogP contribution in [0.4, 0.5) is 16.2 Å². The number of hydrogen-bond acceptors (Lipinski definition) is 6. The number of ether oxygens (including phenoxy) is 1. The maximum Gasteiger partial charge on any atom is 0.419 e. The zero-order valence-electron chi connectivity index (χ0n) is 11.2. The summed E-state index contributed by atoms with van der Waals surface area (Å²) in [6.45, 7) is 0. The van der Waals surface area contributed by atoms with Crippen LogP contribution in [0, 0.1) is 10.1 Å². The largest absolute Gasteiger partial charge is 0.419 e. The number of non-ortho nitro benzene ring substituents is 1. The van der Waals surface area contributed by atoms with E-state index in [1.54, 1.807) is 12.1 Å². The number of anilines is 1. The highest BCUT2D eigenvalue weighted by Gasteiger charge is 2.14. The number of carbonyl (C=O) groups excluding carboxylic acids is 2. The first kappa shape index (κ1) is 15.0. The summed E-state index contributed by atoms with van der Waals surface area (Å²) in [5, 5.41) is 12.5. The molecule has 112 valence electrons. The number of hydrogen-bond donors (Lipinski definition) is 2. The van der Waals surface area contributed by atoms with Crippen LogP contribution in [0.2, 0.25) is 0 Å². The summed E-state index contributed by atoms with van der Waals surface area (Å²) in [5.74, 6) is -0.637. The average Bonchev–Trinajstić information content (AvgIpc) is 2.48. The molecule has 0 fully saturated rings. The van der Waals surface area contributed by atoms with Crippen molar-refractivity contribution in [3.05, 3.63) is 64.2 Å². The molecule has 0 aliphatic carbocycles. The third-order valence-corrected chi connectivity index (χ3v) is 2.68. The summed E-state index contributed by atoms with van der Waals surface area (Å²) >= 11 is 0. The molecule has 2 rings (SSSR count). The third-order valence-electron chi connectivity index (χ3n) is 2.68. The van der Waals surface area contributed by atoms with Crippen LogP contribution < -0.4 is 15.8 Å². The Kier molecular flexibility index (Phi) is 4.33. The highest BCUT2D eigenvalue weighted by molar-refractivity contribution is 6.06. The number of rotatable bonds is 3. The molecule has 2 aromatic rings. The molecule has 0 aliphatic heterocycles. The van der Waals surface area contributed by atoms with E-state index in [-0.39, 0.29) is 22.7 Å². The number of nitrogens with two attached hydrogens (primary N) is 1. The highest BCUT2D eigenvalue weighted by atomic mass is 16.6. The number of imide groups is 1. The van der Waals surface area contributed by atoms with E-state index in [2.05, 4.69) is 0 Å². The van der Waals surface area contributed by atoms with Gasteiger partial charge in [-0.15, -0.1) is 0 Å². The van der Waals surface area contributed by atoms with E-state index in [0.29, 0.717) is 0 Å². The molecule has 0 saturated carbocycles. The summed E-state index contributed by atoms with van der Waals surface area (Å²) in [7, 11) is 0. The molecule has 0 saturated heterocycles. The molecular formula is C14H11N3O5. The van der Waals surface area contributed by atoms with Crippen molar-refractivity contribution >= 4 is 23.4 Å². The van der Waals surface area contributed by atoms with Crippen molar-refractivity contribution in [3.63, 3.8) is 0 Å². The van der Waals surface area contributed by atoms with E-state index in [1.807, 2.05) is 5.32 Å². The first-order valence-electron chi connectivity index (χ1n) is 6.09. The Morgan fingerprint density at radius 1 is 1.09 bits per heavy atom. The van der Waals surface area contributed by atoms with E-state index >= 15 is 0 Å². The number of nitro groups is 1. The first-order valence-corrected chi connectivity index (χ1v) is 6.09. The SMILES string of the molecule is Nc1ccccc1C(=O)NC(=O)Oc1ccc([N+](=O)[O-])cc1. The van der Waals surface area contributed by atoms with Crippen molar-refractivity contribution in [1.29, 1.82) is 0 Å². The van der Waals surface area contributed by atoms with Gasteiger partial charge in [-0.25, -0.2) is 4.79 Å². The average molecular weight is 301 g/mol. The van der Waals surface area contributed by atoms with Gasteiger partial charge < -0.3 is 10.5 Å². The van der Waals surface area contributed by atoms with Crippen molar-refractivity contribution in [2.24, 2.45) is 0 Å². The second kappa shape index (κ2) is 6.35. The second-order valence-electron chi connectivity index (χ2n) is 4.18. The minimum absolute atomic E-state index is 0.0666. The number of nitrogens with zero attached hydrogens (tertiary/aromatic N) is 1. The number of para-hydroxylation sites is 1. The zero-order chi connectivity index (χ0) is 16.1. The normalized spacial score (nSPS) is 9.82. The number of nitrogens with one attached hydrogen (secondary N) is 1. The Balaban J connectivity index is 1.99. The predicted octanol–water partition coefficient (Wildman–Crippen LogP) is 2.11. The molecule has 3 N–H and O–H groups in total. The van der Waals surface area contributed by atoms with Gasteiger partial charge in [-0.1, -0.05) is 12.1 Å². The van der Waals surface area contributed by atoms with E-state index in [9.17, 15) is 19.7 Å². The fourth-order valence-corrected chi connectivity index (χ4v) is 1.63. The smallest absolute Gasteiger partial charge is 0.410 e. The number of carbonyl (C=O) groups is 2. The van der Waals surface area contributed by atoms with Crippen LogP contribution in [0.25, 0.3) is 0 Å². The van der Waals surface area contributed by atoms with Gasteiger partial charge in [0.2, 0.25) is 0 Å². The highest BCUT2D eigenvalue weighted by Crippen LogP contribution is 2.17. The lowest BCUT2D eigenvalue weighted by Crippen LogP contribution is -2.33. The van der Waals surface area contributed by atoms with Gasteiger partial charge in [0.05, 0.1) is 10.5 Å². The maximum atomic E-state index is 11.8. The topological polar surface area (TPSA) is 125 Å². The number of nitrogen functional groups attached to an aromatic ring is 1. The van der Waals surface area contributed by atoms with Crippen LogP contribution in [0.5, 0.6) is 5.75 Å². The molecule has 0 atom stereocenters. The summed E-state index contributed by atoms with van der Waals surface area (Å²) in [5.41, 5.74) is 5.85. The molecule has 0 spiro atoms. The lowest BCUT2D eigenvalue weighted by Gasteiger charge is -2.07.